The number of carbonyl (C=O) groups is 1. The summed E-state index contributed by atoms with van der Waals surface area (Å²) in [6.45, 7) is 2.11. The van der Waals surface area contributed by atoms with Gasteiger partial charge in [0.1, 0.15) is 5.75 Å². The van der Waals surface area contributed by atoms with Gasteiger partial charge in [-0.25, -0.2) is 4.79 Å². The number of unbranched alkanes of at least 4 members (excludes halogenated alkanes) is 3. The first-order valence-corrected chi connectivity index (χ1v) is 10.7. The van der Waals surface area contributed by atoms with Gasteiger partial charge in [0.05, 0.1) is 7.11 Å². The fourth-order valence-corrected chi connectivity index (χ4v) is 3.60. The van der Waals surface area contributed by atoms with Gasteiger partial charge in [0.15, 0.2) is 6.61 Å². The van der Waals surface area contributed by atoms with E-state index in [4.69, 9.17) is 9.47 Å². The van der Waals surface area contributed by atoms with Crippen LogP contribution in [-0.2, 0) is 16.0 Å². The number of ether oxygens (including phenoxy) is 2. The van der Waals surface area contributed by atoms with Crippen LogP contribution in [0.15, 0.2) is 72.8 Å². The maximum absolute atomic E-state index is 11.8. The summed E-state index contributed by atoms with van der Waals surface area (Å²) in [6, 6.07) is 24.8. The topological polar surface area (TPSA) is 35.5 Å². The molecule has 156 valence electrons. The standard InChI is InChI=1S/C27H30O3/c1-3-4-5-8-13-21-18-24(22-14-9-6-10-15-22)27(30-20-26(28)29-2)25(19-21)23-16-11-7-12-17-23/h6-7,9-12,14-19H,3-5,8,13,20H2,1-2H3. The molecular formula is C27H30O3. The van der Waals surface area contributed by atoms with Crippen molar-refractivity contribution in [1.82, 2.24) is 0 Å². The molecule has 0 N–H and O–H groups in total. The molecule has 0 aromatic heterocycles. The predicted octanol–water partition coefficient (Wildman–Crippen LogP) is 6.70. The second-order valence-corrected chi connectivity index (χ2v) is 7.43. The number of esters is 1. The van der Waals surface area contributed by atoms with E-state index in [0.29, 0.717) is 0 Å². The molecule has 0 aliphatic heterocycles. The van der Waals surface area contributed by atoms with E-state index < -0.39 is 5.97 Å². The predicted molar refractivity (Wildman–Crippen MR) is 123 cm³/mol. The lowest BCUT2D eigenvalue weighted by Crippen LogP contribution is -2.13. The minimum Gasteiger partial charge on any atom is -0.481 e. The molecule has 0 amide bonds. The van der Waals surface area contributed by atoms with Gasteiger partial charge in [-0.15, -0.1) is 0 Å². The van der Waals surface area contributed by atoms with Gasteiger partial charge in [0.2, 0.25) is 0 Å². The maximum Gasteiger partial charge on any atom is 0.343 e. The summed E-state index contributed by atoms with van der Waals surface area (Å²) in [5, 5.41) is 0. The van der Waals surface area contributed by atoms with Crippen molar-refractivity contribution in [2.45, 2.75) is 39.0 Å². The van der Waals surface area contributed by atoms with Crippen molar-refractivity contribution in [1.29, 1.82) is 0 Å². The third-order valence-corrected chi connectivity index (χ3v) is 5.20. The molecule has 30 heavy (non-hydrogen) atoms. The number of carbonyl (C=O) groups excluding carboxylic acids is 1. The van der Waals surface area contributed by atoms with Crippen molar-refractivity contribution in [2.24, 2.45) is 0 Å². The van der Waals surface area contributed by atoms with Crippen LogP contribution in [0.25, 0.3) is 22.3 Å². The molecule has 0 saturated carbocycles. The first kappa shape index (κ1) is 21.6. The van der Waals surface area contributed by atoms with Gasteiger partial charge < -0.3 is 9.47 Å². The molecule has 0 fully saturated rings. The van der Waals surface area contributed by atoms with Crippen LogP contribution in [0.2, 0.25) is 0 Å². The summed E-state index contributed by atoms with van der Waals surface area (Å²) < 4.78 is 10.9. The van der Waals surface area contributed by atoms with Gasteiger partial charge in [-0.2, -0.15) is 0 Å². The molecule has 0 unspecified atom stereocenters. The normalized spacial score (nSPS) is 10.6. The Kier molecular flexibility index (Phi) is 8.08. The Morgan fingerprint density at radius 1 is 0.800 bits per heavy atom. The molecule has 0 spiro atoms. The molecule has 0 aliphatic rings. The molecule has 0 atom stereocenters. The number of hydrogen-bond donors (Lipinski definition) is 0. The van der Waals surface area contributed by atoms with Crippen LogP contribution >= 0.6 is 0 Å². The molecule has 3 nitrogen and oxygen atoms in total. The number of aryl methyl sites for hydroxylation is 1. The fourth-order valence-electron chi connectivity index (χ4n) is 3.60. The minimum atomic E-state index is -0.392. The molecular weight excluding hydrogens is 372 g/mol. The summed E-state index contributed by atoms with van der Waals surface area (Å²) in [5.41, 5.74) is 5.45. The zero-order valence-electron chi connectivity index (χ0n) is 17.9. The molecule has 0 saturated heterocycles. The van der Waals surface area contributed by atoms with Crippen LogP contribution in [0.4, 0.5) is 0 Å². The Bertz CT molecular complexity index is 872. The highest BCUT2D eigenvalue weighted by atomic mass is 16.6. The Morgan fingerprint density at radius 3 is 1.87 bits per heavy atom. The smallest absolute Gasteiger partial charge is 0.343 e. The second-order valence-electron chi connectivity index (χ2n) is 7.43. The lowest BCUT2D eigenvalue weighted by atomic mass is 9.92. The molecule has 0 aliphatic carbocycles. The molecule has 3 heteroatoms. The first-order chi connectivity index (χ1) is 14.7. The Balaban J connectivity index is 2.09. The van der Waals surface area contributed by atoms with Crippen LogP contribution in [0.5, 0.6) is 5.75 Å². The Labute approximate surface area is 179 Å². The summed E-state index contributed by atoms with van der Waals surface area (Å²) in [7, 11) is 1.38. The van der Waals surface area contributed by atoms with E-state index in [1.54, 1.807) is 0 Å². The van der Waals surface area contributed by atoms with Crippen molar-refractivity contribution in [2.75, 3.05) is 13.7 Å². The molecule has 0 bridgehead atoms. The fraction of sp³-hybridized carbons (Fsp3) is 0.296. The van der Waals surface area contributed by atoms with Crippen molar-refractivity contribution in [3.8, 4) is 28.0 Å². The minimum absolute atomic E-state index is 0.119. The first-order valence-electron chi connectivity index (χ1n) is 10.7. The third-order valence-electron chi connectivity index (χ3n) is 5.20. The van der Waals surface area contributed by atoms with Crippen LogP contribution in [0, 0.1) is 0 Å². The second kappa shape index (κ2) is 11.2. The Morgan fingerprint density at radius 2 is 1.37 bits per heavy atom. The van der Waals surface area contributed by atoms with Crippen LogP contribution in [-0.4, -0.2) is 19.7 Å². The average Bonchev–Trinajstić information content (AvgIpc) is 2.81. The van der Waals surface area contributed by atoms with Gasteiger partial charge in [-0.3, -0.25) is 0 Å². The van der Waals surface area contributed by atoms with E-state index >= 15 is 0 Å². The third kappa shape index (κ3) is 5.73. The summed E-state index contributed by atoms with van der Waals surface area (Å²) in [6.07, 6.45) is 5.91. The largest absolute Gasteiger partial charge is 0.481 e. The molecule has 3 aromatic rings. The van der Waals surface area contributed by atoms with Crippen LogP contribution < -0.4 is 4.74 Å². The highest BCUT2D eigenvalue weighted by molar-refractivity contribution is 5.84. The SMILES string of the molecule is CCCCCCc1cc(-c2ccccc2)c(OCC(=O)OC)c(-c2ccccc2)c1. The molecule has 3 aromatic carbocycles. The van der Waals surface area contributed by atoms with E-state index in [0.717, 1.165) is 34.4 Å². The van der Waals surface area contributed by atoms with Crippen molar-refractivity contribution in [3.05, 3.63) is 78.4 Å². The monoisotopic (exact) mass is 402 g/mol. The summed E-state index contributed by atoms with van der Waals surface area (Å²) in [4.78, 5) is 11.8. The number of benzene rings is 3. The highest BCUT2D eigenvalue weighted by Gasteiger charge is 2.17. The average molecular weight is 403 g/mol. The summed E-state index contributed by atoms with van der Waals surface area (Å²) >= 11 is 0. The lowest BCUT2D eigenvalue weighted by molar-refractivity contribution is -0.142. The van der Waals surface area contributed by atoms with Gasteiger partial charge >= 0.3 is 5.97 Å². The highest BCUT2D eigenvalue weighted by Crippen LogP contribution is 2.40. The molecule has 0 radical (unpaired) electrons. The lowest BCUT2D eigenvalue weighted by Gasteiger charge is -2.18. The number of hydrogen-bond acceptors (Lipinski definition) is 3. The molecule has 0 heterocycles. The maximum atomic E-state index is 11.8. The van der Waals surface area contributed by atoms with E-state index in [1.807, 2.05) is 36.4 Å². The van der Waals surface area contributed by atoms with Gasteiger partial charge in [-0.05, 0) is 41.7 Å². The number of methoxy groups -OCH3 is 1. The van der Waals surface area contributed by atoms with E-state index in [-0.39, 0.29) is 6.61 Å². The zero-order valence-corrected chi connectivity index (χ0v) is 17.9. The van der Waals surface area contributed by atoms with Gasteiger partial charge in [0, 0.05) is 11.1 Å². The zero-order chi connectivity index (χ0) is 21.2. The van der Waals surface area contributed by atoms with Crippen molar-refractivity contribution >= 4 is 5.97 Å². The van der Waals surface area contributed by atoms with Gasteiger partial charge in [0.25, 0.3) is 0 Å². The quantitative estimate of drug-likeness (QED) is 0.280. The summed E-state index contributed by atoms with van der Waals surface area (Å²) in [5.74, 6) is 0.326. The molecule has 3 rings (SSSR count). The van der Waals surface area contributed by atoms with E-state index in [1.165, 1.54) is 38.4 Å². The van der Waals surface area contributed by atoms with Crippen molar-refractivity contribution < 1.29 is 14.3 Å². The Hall–Kier alpha value is -3.07. The van der Waals surface area contributed by atoms with E-state index in [2.05, 4.69) is 43.3 Å². The van der Waals surface area contributed by atoms with Crippen LogP contribution in [0.1, 0.15) is 38.2 Å². The number of rotatable bonds is 10. The van der Waals surface area contributed by atoms with Crippen LogP contribution in [0.3, 0.4) is 0 Å². The van der Waals surface area contributed by atoms with Crippen molar-refractivity contribution in [3.63, 3.8) is 0 Å². The van der Waals surface area contributed by atoms with E-state index in [9.17, 15) is 4.79 Å². The van der Waals surface area contributed by atoms with Gasteiger partial charge in [-0.1, -0.05) is 86.8 Å².